The second-order valence-electron chi connectivity index (χ2n) is 7.36. The molecule has 1 saturated heterocycles. The van der Waals surface area contributed by atoms with E-state index in [1.165, 1.54) is 22.6 Å². The van der Waals surface area contributed by atoms with Crippen LogP contribution in [0.1, 0.15) is 12.6 Å². The predicted molar refractivity (Wildman–Crippen MR) is 113 cm³/mol. The third-order valence-electron chi connectivity index (χ3n) is 4.91. The summed E-state index contributed by atoms with van der Waals surface area (Å²) in [6.07, 6.45) is 0.675. The van der Waals surface area contributed by atoms with E-state index in [-0.39, 0.29) is 18.7 Å². The molecule has 0 bridgehead atoms. The lowest BCUT2D eigenvalue weighted by atomic mass is 10.2. The number of benzene rings is 1. The Balaban J connectivity index is 1.66. The van der Waals surface area contributed by atoms with Crippen molar-refractivity contribution < 1.29 is 23.5 Å². The Labute approximate surface area is 181 Å². The van der Waals surface area contributed by atoms with Gasteiger partial charge in [0, 0.05) is 32.0 Å². The Kier molecular flexibility index (Phi) is 6.22. The Hall–Kier alpha value is -2.89. The zero-order valence-electron chi connectivity index (χ0n) is 17.3. The molecule has 3 heterocycles. The summed E-state index contributed by atoms with van der Waals surface area (Å²) in [6, 6.07) is 9.30. The van der Waals surface area contributed by atoms with Gasteiger partial charge in [0.1, 0.15) is 23.7 Å². The van der Waals surface area contributed by atoms with Crippen LogP contribution in [0.5, 0.6) is 0 Å². The van der Waals surface area contributed by atoms with Crippen LogP contribution in [0.4, 0.5) is 0 Å². The number of hydrogen-bond donors (Lipinski definition) is 2. The Morgan fingerprint density at radius 2 is 2.03 bits per heavy atom. The molecule has 0 spiro atoms. The molecule has 12 nitrogen and oxygen atoms in total. The fourth-order valence-corrected chi connectivity index (χ4v) is 4.25. The van der Waals surface area contributed by atoms with Crippen molar-refractivity contribution in [1.82, 2.24) is 24.5 Å². The molecule has 0 amide bonds. The molecule has 2 aromatic heterocycles. The lowest BCUT2D eigenvalue weighted by Gasteiger charge is -2.19. The molecule has 0 saturated carbocycles. The minimum absolute atomic E-state index is 0.0545. The van der Waals surface area contributed by atoms with Crippen molar-refractivity contribution >= 4 is 7.60 Å². The van der Waals surface area contributed by atoms with E-state index in [9.17, 15) is 19.0 Å². The van der Waals surface area contributed by atoms with E-state index in [2.05, 4.69) is 15.3 Å². The summed E-state index contributed by atoms with van der Waals surface area (Å²) in [4.78, 5) is 36.8. The highest BCUT2D eigenvalue weighted by Gasteiger charge is 2.40. The van der Waals surface area contributed by atoms with Crippen molar-refractivity contribution in [3.63, 3.8) is 0 Å². The number of nitrogens with one attached hydrogen (secondary N) is 1. The van der Waals surface area contributed by atoms with Crippen LogP contribution >= 0.6 is 7.60 Å². The normalized spacial score (nSPS) is 22.7. The molecule has 1 fully saturated rings. The summed E-state index contributed by atoms with van der Waals surface area (Å²) in [5, 5.41) is 8.09. The first kappa shape index (κ1) is 22.3. The molecule has 0 aliphatic carbocycles. The number of methoxy groups -OCH3 is 1. The summed E-state index contributed by atoms with van der Waals surface area (Å²) >= 11 is 0. The van der Waals surface area contributed by atoms with Gasteiger partial charge in [-0.1, -0.05) is 35.5 Å². The van der Waals surface area contributed by atoms with Crippen LogP contribution in [-0.4, -0.2) is 62.0 Å². The minimum Gasteiger partial charge on any atom is -0.382 e. The van der Waals surface area contributed by atoms with Crippen LogP contribution in [0.25, 0.3) is 16.9 Å². The standard InChI is InChI=1S/C19H22N5O7P/c1-29-11-16-15(31-32(2,27)28)8-17(30-16)23-10-14(18(25)20-19(23)26)24-9-13(21-22-24)12-6-4-3-5-7-12/h3-7,9-10,15-17H,8,11H2,1-2H3,(H,27,28)(H,20,25,26). The highest BCUT2D eigenvalue weighted by molar-refractivity contribution is 7.51. The first-order chi connectivity index (χ1) is 15.2. The van der Waals surface area contributed by atoms with E-state index in [1.54, 1.807) is 6.20 Å². The molecule has 1 aliphatic rings. The molecular weight excluding hydrogens is 441 g/mol. The molecule has 1 aliphatic heterocycles. The molecule has 32 heavy (non-hydrogen) atoms. The average molecular weight is 463 g/mol. The lowest BCUT2D eigenvalue weighted by molar-refractivity contribution is -0.0519. The van der Waals surface area contributed by atoms with Crippen molar-refractivity contribution in [2.24, 2.45) is 0 Å². The van der Waals surface area contributed by atoms with Gasteiger partial charge in [0.25, 0.3) is 5.56 Å². The van der Waals surface area contributed by atoms with Crippen LogP contribution in [0.3, 0.4) is 0 Å². The highest BCUT2D eigenvalue weighted by Crippen LogP contribution is 2.43. The summed E-state index contributed by atoms with van der Waals surface area (Å²) in [5.41, 5.74) is 0.0723. The van der Waals surface area contributed by atoms with E-state index in [0.717, 1.165) is 12.2 Å². The fourth-order valence-electron chi connectivity index (χ4n) is 3.52. The fraction of sp³-hybridized carbons (Fsp3) is 0.368. The van der Waals surface area contributed by atoms with Gasteiger partial charge in [0.2, 0.25) is 0 Å². The topological polar surface area (TPSA) is 151 Å². The summed E-state index contributed by atoms with van der Waals surface area (Å²) < 4.78 is 30.4. The Morgan fingerprint density at radius 1 is 1.28 bits per heavy atom. The van der Waals surface area contributed by atoms with E-state index in [4.69, 9.17) is 14.0 Å². The molecule has 3 aromatic rings. The molecule has 0 radical (unpaired) electrons. The predicted octanol–water partition coefficient (Wildman–Crippen LogP) is 0.919. The third-order valence-corrected chi connectivity index (χ3v) is 5.57. The van der Waals surface area contributed by atoms with E-state index < -0.39 is 37.3 Å². The van der Waals surface area contributed by atoms with Crippen molar-refractivity contribution in [3.05, 3.63) is 63.6 Å². The van der Waals surface area contributed by atoms with Gasteiger partial charge in [-0.15, -0.1) is 5.10 Å². The van der Waals surface area contributed by atoms with Crippen molar-refractivity contribution in [1.29, 1.82) is 0 Å². The van der Waals surface area contributed by atoms with Gasteiger partial charge in [-0.2, -0.15) is 0 Å². The van der Waals surface area contributed by atoms with Gasteiger partial charge in [0.05, 0.1) is 18.9 Å². The van der Waals surface area contributed by atoms with E-state index >= 15 is 0 Å². The Morgan fingerprint density at radius 3 is 2.72 bits per heavy atom. The lowest BCUT2D eigenvalue weighted by Crippen LogP contribution is -2.34. The number of hydrogen-bond acceptors (Lipinski definition) is 8. The largest absolute Gasteiger partial charge is 0.382 e. The van der Waals surface area contributed by atoms with Gasteiger partial charge in [0.15, 0.2) is 0 Å². The van der Waals surface area contributed by atoms with Crippen LogP contribution in [0.2, 0.25) is 0 Å². The third kappa shape index (κ3) is 4.79. The maximum Gasteiger partial charge on any atom is 0.330 e. The first-order valence-corrected chi connectivity index (χ1v) is 11.7. The number of nitrogens with zero attached hydrogens (tertiary/aromatic N) is 4. The minimum atomic E-state index is -3.80. The van der Waals surface area contributed by atoms with Gasteiger partial charge in [-0.05, 0) is 0 Å². The number of H-pyrrole nitrogens is 1. The summed E-state index contributed by atoms with van der Waals surface area (Å²) in [6.45, 7) is 1.17. The zero-order valence-corrected chi connectivity index (χ0v) is 18.2. The van der Waals surface area contributed by atoms with Crippen molar-refractivity contribution in [3.8, 4) is 16.9 Å². The number of aromatic nitrogens is 5. The molecule has 170 valence electrons. The number of aromatic amines is 1. The molecule has 2 N–H and O–H groups in total. The van der Waals surface area contributed by atoms with E-state index in [0.29, 0.717) is 5.69 Å². The molecular formula is C19H22N5O7P. The van der Waals surface area contributed by atoms with Gasteiger partial charge in [-0.3, -0.25) is 18.9 Å². The molecule has 1 aromatic carbocycles. The second-order valence-corrected chi connectivity index (χ2v) is 9.18. The quantitative estimate of drug-likeness (QED) is 0.488. The molecule has 4 rings (SSSR count). The van der Waals surface area contributed by atoms with Gasteiger partial charge < -0.3 is 18.9 Å². The molecule has 4 atom stereocenters. The van der Waals surface area contributed by atoms with Crippen LogP contribution < -0.4 is 11.2 Å². The van der Waals surface area contributed by atoms with Gasteiger partial charge in [-0.25, -0.2) is 9.48 Å². The zero-order chi connectivity index (χ0) is 22.9. The molecule has 4 unspecified atom stereocenters. The maximum atomic E-state index is 12.5. The summed E-state index contributed by atoms with van der Waals surface area (Å²) in [7, 11) is -2.34. The monoisotopic (exact) mass is 463 g/mol. The first-order valence-electron chi connectivity index (χ1n) is 9.72. The maximum absolute atomic E-state index is 12.5. The van der Waals surface area contributed by atoms with Crippen LogP contribution in [0.15, 0.2) is 52.3 Å². The SMILES string of the molecule is COCC1OC(n2cc(-n3cc(-c4ccccc4)nn3)c(=O)[nH]c2=O)CC1OP(C)(=O)O. The molecule has 13 heteroatoms. The van der Waals surface area contributed by atoms with Crippen molar-refractivity contribution in [2.75, 3.05) is 20.4 Å². The van der Waals surface area contributed by atoms with Gasteiger partial charge >= 0.3 is 13.3 Å². The Bertz CT molecular complexity index is 1250. The second kappa shape index (κ2) is 8.93. The van der Waals surface area contributed by atoms with Crippen molar-refractivity contribution in [2.45, 2.75) is 24.9 Å². The highest BCUT2D eigenvalue weighted by atomic mass is 31.2. The number of ether oxygens (including phenoxy) is 2. The smallest absolute Gasteiger partial charge is 0.330 e. The summed E-state index contributed by atoms with van der Waals surface area (Å²) in [5.74, 6) is 0. The average Bonchev–Trinajstić information content (AvgIpc) is 3.36. The van der Waals surface area contributed by atoms with Crippen LogP contribution in [-0.2, 0) is 18.6 Å². The number of rotatable bonds is 7. The van der Waals surface area contributed by atoms with E-state index in [1.807, 2.05) is 30.3 Å². The van der Waals surface area contributed by atoms with Crippen LogP contribution in [0, 0.1) is 0 Å².